The van der Waals surface area contributed by atoms with E-state index in [0.29, 0.717) is 5.39 Å². The minimum atomic E-state index is 0.0723. The summed E-state index contributed by atoms with van der Waals surface area (Å²) in [7, 11) is 0. The summed E-state index contributed by atoms with van der Waals surface area (Å²) < 4.78 is 0. The van der Waals surface area contributed by atoms with Gasteiger partial charge in [-0.15, -0.1) is 0 Å². The third-order valence-electron chi connectivity index (χ3n) is 4.71. The van der Waals surface area contributed by atoms with Crippen molar-refractivity contribution in [2.45, 2.75) is 0 Å². The second-order valence-corrected chi connectivity index (χ2v) is 5.87. The molecule has 0 spiro atoms. The van der Waals surface area contributed by atoms with Gasteiger partial charge in [0.25, 0.3) is 0 Å². The Labute approximate surface area is 131 Å². The Balaban J connectivity index is 2.06. The molecule has 4 aromatic carbocycles. The van der Waals surface area contributed by atoms with Crippen molar-refractivity contribution < 1.29 is 15.3 Å². The van der Waals surface area contributed by atoms with Gasteiger partial charge in [-0.05, 0) is 51.9 Å². The molecule has 23 heavy (non-hydrogen) atoms. The molecule has 4 aromatic rings. The van der Waals surface area contributed by atoms with Gasteiger partial charge in [-0.2, -0.15) is 0 Å². The van der Waals surface area contributed by atoms with Crippen molar-refractivity contribution in [2.24, 2.45) is 0 Å². The van der Waals surface area contributed by atoms with Crippen LogP contribution in [-0.4, -0.2) is 15.3 Å². The van der Waals surface area contributed by atoms with E-state index in [1.807, 2.05) is 36.4 Å². The number of hydrogen-bond acceptors (Lipinski definition) is 3. The topological polar surface area (TPSA) is 60.7 Å². The second kappa shape index (κ2) is 3.96. The number of aromatic hydroxyl groups is 3. The van der Waals surface area contributed by atoms with E-state index in [9.17, 15) is 15.3 Å². The maximum Gasteiger partial charge on any atom is 0.127 e. The fourth-order valence-electron chi connectivity index (χ4n) is 3.75. The molecule has 0 saturated heterocycles. The summed E-state index contributed by atoms with van der Waals surface area (Å²) in [5, 5.41) is 33.5. The molecule has 0 radical (unpaired) electrons. The van der Waals surface area contributed by atoms with E-state index < -0.39 is 0 Å². The minimum absolute atomic E-state index is 0.0723. The number of phenolic OH excluding ortho intramolecular Hbond substituents is 3. The summed E-state index contributed by atoms with van der Waals surface area (Å²) in [6.07, 6.45) is 0. The zero-order valence-corrected chi connectivity index (χ0v) is 12.0. The molecule has 3 heteroatoms. The first-order valence-corrected chi connectivity index (χ1v) is 7.40. The molecule has 110 valence electrons. The highest BCUT2D eigenvalue weighted by Crippen LogP contribution is 2.53. The Kier molecular flexibility index (Phi) is 2.13. The lowest BCUT2D eigenvalue weighted by molar-refractivity contribution is 0.464. The van der Waals surface area contributed by atoms with Gasteiger partial charge in [0.2, 0.25) is 0 Å². The summed E-state index contributed by atoms with van der Waals surface area (Å²) >= 11 is 0. The Morgan fingerprint density at radius 2 is 1.17 bits per heavy atom. The van der Waals surface area contributed by atoms with Crippen molar-refractivity contribution in [1.29, 1.82) is 0 Å². The maximum atomic E-state index is 10.2. The highest BCUT2D eigenvalue weighted by Gasteiger charge is 2.26. The summed E-state index contributed by atoms with van der Waals surface area (Å²) in [5.74, 6) is 0.394. The van der Waals surface area contributed by atoms with Crippen LogP contribution in [0.3, 0.4) is 0 Å². The molecule has 0 aromatic heterocycles. The van der Waals surface area contributed by atoms with Crippen molar-refractivity contribution in [1.82, 2.24) is 0 Å². The van der Waals surface area contributed by atoms with Crippen LogP contribution in [0.4, 0.5) is 0 Å². The third-order valence-corrected chi connectivity index (χ3v) is 4.71. The molecule has 3 N–H and O–H groups in total. The number of phenols is 3. The smallest absolute Gasteiger partial charge is 0.127 e. The number of fused-ring (bicyclic) bond motifs is 5. The molecular weight excluding hydrogens is 288 g/mol. The predicted octanol–water partition coefficient (Wildman–Crippen LogP) is 4.76. The van der Waals surface area contributed by atoms with Crippen LogP contribution >= 0.6 is 0 Å². The van der Waals surface area contributed by atoms with Gasteiger partial charge in [0.15, 0.2) is 0 Å². The fourth-order valence-corrected chi connectivity index (χ4v) is 3.75. The van der Waals surface area contributed by atoms with Crippen molar-refractivity contribution in [3.8, 4) is 39.5 Å². The molecule has 0 heterocycles. The van der Waals surface area contributed by atoms with Gasteiger partial charge in [-0.25, -0.2) is 0 Å². The van der Waals surface area contributed by atoms with Crippen LogP contribution in [0.25, 0.3) is 43.8 Å². The molecular formula is C20H12O3. The molecule has 1 aliphatic rings. The lowest BCUT2D eigenvalue weighted by atomic mass is 9.96. The largest absolute Gasteiger partial charge is 0.507 e. The number of hydrogen-bond donors (Lipinski definition) is 3. The molecule has 3 nitrogen and oxygen atoms in total. The second-order valence-electron chi connectivity index (χ2n) is 5.87. The van der Waals surface area contributed by atoms with E-state index in [4.69, 9.17) is 0 Å². The third kappa shape index (κ3) is 1.39. The molecule has 0 fully saturated rings. The first-order valence-electron chi connectivity index (χ1n) is 7.40. The van der Waals surface area contributed by atoms with Crippen LogP contribution in [0.15, 0.2) is 54.6 Å². The van der Waals surface area contributed by atoms with Crippen molar-refractivity contribution in [3.63, 3.8) is 0 Å². The Bertz CT molecular complexity index is 1130. The highest BCUT2D eigenvalue weighted by atomic mass is 16.3. The minimum Gasteiger partial charge on any atom is -0.507 e. The van der Waals surface area contributed by atoms with Gasteiger partial charge in [0.1, 0.15) is 17.2 Å². The Morgan fingerprint density at radius 1 is 0.478 bits per heavy atom. The maximum absolute atomic E-state index is 10.2. The number of benzene rings is 4. The van der Waals surface area contributed by atoms with Crippen molar-refractivity contribution >= 4 is 21.5 Å². The normalized spacial score (nSPS) is 12.0. The van der Waals surface area contributed by atoms with E-state index in [-0.39, 0.29) is 17.2 Å². The molecule has 0 saturated carbocycles. The standard InChI is InChI=1S/C20H12O3/c21-15-3-1-2-11-10(15)4-5-12-13-6-8-16(22)20-17(23)9-7-14(18(11)12)19(13)20/h1-9,21-23H. The van der Waals surface area contributed by atoms with Crippen LogP contribution in [0.5, 0.6) is 17.2 Å². The fraction of sp³-hybridized carbons (Fsp3) is 0. The van der Waals surface area contributed by atoms with Crippen molar-refractivity contribution in [2.75, 3.05) is 0 Å². The first kappa shape index (κ1) is 12.4. The van der Waals surface area contributed by atoms with Gasteiger partial charge >= 0.3 is 0 Å². The van der Waals surface area contributed by atoms with Crippen LogP contribution in [0, 0.1) is 0 Å². The lowest BCUT2D eigenvalue weighted by Crippen LogP contribution is -1.81. The zero-order chi connectivity index (χ0) is 15.7. The average Bonchev–Trinajstić information content (AvgIpc) is 2.87. The van der Waals surface area contributed by atoms with E-state index in [1.165, 1.54) is 0 Å². The molecule has 5 rings (SSSR count). The monoisotopic (exact) mass is 300 g/mol. The van der Waals surface area contributed by atoms with E-state index in [1.54, 1.807) is 18.2 Å². The van der Waals surface area contributed by atoms with Crippen LogP contribution in [0.2, 0.25) is 0 Å². The average molecular weight is 300 g/mol. The molecule has 0 aliphatic heterocycles. The van der Waals surface area contributed by atoms with Crippen LogP contribution in [-0.2, 0) is 0 Å². The van der Waals surface area contributed by atoms with Gasteiger partial charge in [-0.3, -0.25) is 0 Å². The zero-order valence-electron chi connectivity index (χ0n) is 12.0. The summed E-state index contributed by atoms with van der Waals surface area (Å²) in [6, 6.07) is 16.4. The SMILES string of the molecule is Oc1cccc2c3c(ccc12)-c1ccc(O)c2c(O)ccc-3c12. The van der Waals surface area contributed by atoms with E-state index >= 15 is 0 Å². The molecule has 0 unspecified atom stereocenters. The molecule has 1 aliphatic carbocycles. The summed E-state index contributed by atoms with van der Waals surface area (Å²) in [5.41, 5.74) is 4.04. The molecule has 0 bridgehead atoms. The van der Waals surface area contributed by atoms with Gasteiger partial charge < -0.3 is 15.3 Å². The number of rotatable bonds is 0. The molecule has 0 atom stereocenters. The Hall–Kier alpha value is -3.20. The van der Waals surface area contributed by atoms with E-state index in [0.717, 1.165) is 38.4 Å². The van der Waals surface area contributed by atoms with E-state index in [2.05, 4.69) is 0 Å². The first-order chi connectivity index (χ1) is 11.2. The van der Waals surface area contributed by atoms with Crippen LogP contribution < -0.4 is 0 Å². The van der Waals surface area contributed by atoms with Crippen molar-refractivity contribution in [3.05, 3.63) is 54.6 Å². The predicted molar refractivity (Wildman–Crippen MR) is 90.9 cm³/mol. The van der Waals surface area contributed by atoms with Gasteiger partial charge in [-0.1, -0.05) is 30.3 Å². The Morgan fingerprint density at radius 3 is 1.96 bits per heavy atom. The molecule has 0 amide bonds. The summed E-state index contributed by atoms with van der Waals surface area (Å²) in [4.78, 5) is 0. The van der Waals surface area contributed by atoms with Gasteiger partial charge in [0.05, 0.1) is 5.39 Å². The lowest BCUT2D eigenvalue weighted by Gasteiger charge is -2.08. The summed E-state index contributed by atoms with van der Waals surface area (Å²) in [6.45, 7) is 0. The quantitative estimate of drug-likeness (QED) is 0.386. The highest BCUT2D eigenvalue weighted by molar-refractivity contribution is 6.23. The van der Waals surface area contributed by atoms with Gasteiger partial charge in [0, 0.05) is 10.8 Å². The van der Waals surface area contributed by atoms with Crippen LogP contribution in [0.1, 0.15) is 0 Å².